The van der Waals surface area contributed by atoms with Crippen LogP contribution in [0.4, 0.5) is 4.79 Å². The Bertz CT molecular complexity index is 243. The molecule has 0 aromatic carbocycles. The summed E-state index contributed by atoms with van der Waals surface area (Å²) in [4.78, 5) is 16.4. The van der Waals surface area contributed by atoms with Crippen molar-refractivity contribution in [2.75, 3.05) is 33.2 Å². The van der Waals surface area contributed by atoms with E-state index in [4.69, 9.17) is 0 Å². The van der Waals surface area contributed by atoms with Crippen molar-refractivity contribution >= 4 is 6.03 Å². The van der Waals surface area contributed by atoms with Crippen molar-refractivity contribution in [1.29, 1.82) is 0 Å². The van der Waals surface area contributed by atoms with Gasteiger partial charge in [0.25, 0.3) is 0 Å². The quantitative estimate of drug-likeness (QED) is 0.755. The highest BCUT2D eigenvalue weighted by atomic mass is 16.2. The zero-order valence-corrected chi connectivity index (χ0v) is 11.0. The molecule has 1 N–H and O–H groups in total. The Morgan fingerprint density at radius 3 is 2.47 bits per heavy atom. The van der Waals surface area contributed by atoms with Crippen molar-refractivity contribution in [3.63, 3.8) is 0 Å². The molecule has 0 saturated carbocycles. The van der Waals surface area contributed by atoms with E-state index in [0.29, 0.717) is 6.04 Å². The number of amides is 2. The number of rotatable bonds is 1. The third-order valence-corrected chi connectivity index (χ3v) is 4.00. The number of likely N-dealkylation sites (tertiary alicyclic amines) is 1. The van der Waals surface area contributed by atoms with Gasteiger partial charge in [0.1, 0.15) is 0 Å². The van der Waals surface area contributed by atoms with Crippen LogP contribution in [0, 0.1) is 0 Å². The summed E-state index contributed by atoms with van der Waals surface area (Å²) in [7, 11) is 1.96. The molecular weight excluding hydrogens is 214 g/mol. The van der Waals surface area contributed by atoms with Crippen molar-refractivity contribution in [1.82, 2.24) is 15.1 Å². The zero-order valence-electron chi connectivity index (χ0n) is 11.0. The van der Waals surface area contributed by atoms with E-state index in [2.05, 4.69) is 5.32 Å². The highest BCUT2D eigenvalue weighted by Crippen LogP contribution is 2.15. The minimum Gasteiger partial charge on any atom is -0.325 e. The normalized spacial score (nSPS) is 26.4. The van der Waals surface area contributed by atoms with Crippen molar-refractivity contribution in [3.05, 3.63) is 0 Å². The van der Waals surface area contributed by atoms with Gasteiger partial charge >= 0.3 is 6.03 Å². The summed E-state index contributed by atoms with van der Waals surface area (Å²) in [6.45, 7) is 3.95. The molecule has 1 atom stereocenters. The maximum absolute atomic E-state index is 12.4. The Labute approximate surface area is 104 Å². The number of piperidine rings is 1. The van der Waals surface area contributed by atoms with Gasteiger partial charge in [-0.2, -0.15) is 0 Å². The van der Waals surface area contributed by atoms with Crippen LogP contribution in [0.2, 0.25) is 0 Å². The minimum atomic E-state index is 0.237. The number of carbonyl (C=O) groups is 1. The summed E-state index contributed by atoms with van der Waals surface area (Å²) in [6.07, 6.45) is 7.22. The molecule has 2 amide bonds. The topological polar surface area (TPSA) is 35.6 Å². The molecule has 2 fully saturated rings. The zero-order chi connectivity index (χ0) is 12.1. The molecule has 98 valence electrons. The number of urea groups is 1. The summed E-state index contributed by atoms with van der Waals surface area (Å²) < 4.78 is 0. The Hall–Kier alpha value is -0.770. The lowest BCUT2D eigenvalue weighted by Crippen LogP contribution is -2.51. The molecule has 0 aliphatic carbocycles. The predicted octanol–water partition coefficient (Wildman–Crippen LogP) is 1.67. The van der Waals surface area contributed by atoms with Crippen LogP contribution in [0.25, 0.3) is 0 Å². The molecule has 4 heteroatoms. The van der Waals surface area contributed by atoms with Crippen LogP contribution < -0.4 is 5.32 Å². The molecule has 1 unspecified atom stereocenters. The van der Waals surface area contributed by atoms with Gasteiger partial charge in [-0.25, -0.2) is 4.79 Å². The smallest absolute Gasteiger partial charge is 0.320 e. The van der Waals surface area contributed by atoms with Gasteiger partial charge in [-0.1, -0.05) is 12.8 Å². The first kappa shape index (κ1) is 12.7. The largest absolute Gasteiger partial charge is 0.325 e. The lowest BCUT2D eigenvalue weighted by molar-refractivity contribution is 0.139. The standard InChI is InChI=1S/C13H25N3O/c1-15(12-7-6-8-14-11-12)13(17)16-9-4-2-3-5-10-16/h12,14H,2-11H2,1H3. The second-order valence-corrected chi connectivity index (χ2v) is 5.29. The molecule has 2 rings (SSSR count). The summed E-state index contributed by atoms with van der Waals surface area (Å²) in [5.74, 6) is 0. The van der Waals surface area contributed by atoms with E-state index in [1.165, 1.54) is 32.1 Å². The molecule has 2 heterocycles. The van der Waals surface area contributed by atoms with Crippen LogP contribution >= 0.6 is 0 Å². The first-order chi connectivity index (χ1) is 8.29. The van der Waals surface area contributed by atoms with E-state index in [9.17, 15) is 4.79 Å². The van der Waals surface area contributed by atoms with E-state index < -0.39 is 0 Å². The van der Waals surface area contributed by atoms with Gasteiger partial charge in [0.2, 0.25) is 0 Å². The third-order valence-electron chi connectivity index (χ3n) is 4.00. The Balaban J connectivity index is 1.88. The second kappa shape index (κ2) is 6.24. The second-order valence-electron chi connectivity index (χ2n) is 5.29. The third kappa shape index (κ3) is 3.35. The highest BCUT2D eigenvalue weighted by Gasteiger charge is 2.25. The van der Waals surface area contributed by atoms with E-state index in [1.54, 1.807) is 0 Å². The molecule has 2 aliphatic heterocycles. The predicted molar refractivity (Wildman–Crippen MR) is 69.1 cm³/mol. The van der Waals surface area contributed by atoms with Crippen LogP contribution in [-0.4, -0.2) is 55.1 Å². The van der Waals surface area contributed by atoms with Crippen molar-refractivity contribution in [3.8, 4) is 0 Å². The molecule has 0 spiro atoms. The average Bonchev–Trinajstić information content (AvgIpc) is 2.67. The summed E-state index contributed by atoms with van der Waals surface area (Å²) in [6, 6.07) is 0.625. The molecular formula is C13H25N3O. The van der Waals surface area contributed by atoms with Crippen LogP contribution in [0.1, 0.15) is 38.5 Å². The number of carbonyl (C=O) groups excluding carboxylic acids is 1. The summed E-state index contributed by atoms with van der Waals surface area (Å²) in [5, 5.41) is 3.37. The Morgan fingerprint density at radius 1 is 1.18 bits per heavy atom. The maximum atomic E-state index is 12.4. The molecule has 0 radical (unpaired) electrons. The van der Waals surface area contributed by atoms with Gasteiger partial charge < -0.3 is 15.1 Å². The van der Waals surface area contributed by atoms with Gasteiger partial charge in [-0.15, -0.1) is 0 Å². The van der Waals surface area contributed by atoms with Gasteiger partial charge in [-0.05, 0) is 32.2 Å². The van der Waals surface area contributed by atoms with Crippen LogP contribution in [0.15, 0.2) is 0 Å². The number of nitrogens with one attached hydrogen (secondary N) is 1. The monoisotopic (exact) mass is 239 g/mol. The Kier molecular flexibility index (Phi) is 4.66. The molecule has 17 heavy (non-hydrogen) atoms. The summed E-state index contributed by atoms with van der Waals surface area (Å²) in [5.41, 5.74) is 0. The van der Waals surface area contributed by atoms with E-state index >= 15 is 0 Å². The fourth-order valence-corrected chi connectivity index (χ4v) is 2.81. The van der Waals surface area contributed by atoms with E-state index in [-0.39, 0.29) is 6.03 Å². The molecule has 0 aromatic rings. The Morgan fingerprint density at radius 2 is 1.88 bits per heavy atom. The molecule has 2 saturated heterocycles. The van der Waals surface area contributed by atoms with Gasteiger partial charge in [0, 0.05) is 32.7 Å². The number of likely N-dealkylation sites (N-methyl/N-ethyl adjacent to an activating group) is 1. The molecule has 0 bridgehead atoms. The van der Waals surface area contributed by atoms with Crippen molar-refractivity contribution in [2.45, 2.75) is 44.6 Å². The van der Waals surface area contributed by atoms with Crippen LogP contribution in [-0.2, 0) is 0 Å². The van der Waals surface area contributed by atoms with E-state index in [0.717, 1.165) is 32.6 Å². The first-order valence-corrected chi connectivity index (χ1v) is 7.01. The minimum absolute atomic E-state index is 0.237. The van der Waals surface area contributed by atoms with Gasteiger partial charge in [0.15, 0.2) is 0 Å². The lowest BCUT2D eigenvalue weighted by atomic mass is 10.1. The van der Waals surface area contributed by atoms with Gasteiger partial charge in [0.05, 0.1) is 0 Å². The molecule has 4 nitrogen and oxygen atoms in total. The van der Waals surface area contributed by atoms with E-state index in [1.807, 2.05) is 16.8 Å². The number of nitrogens with zero attached hydrogens (tertiary/aromatic N) is 2. The molecule has 2 aliphatic rings. The maximum Gasteiger partial charge on any atom is 0.320 e. The van der Waals surface area contributed by atoms with Gasteiger partial charge in [-0.3, -0.25) is 0 Å². The SMILES string of the molecule is CN(C(=O)N1CCCCCC1)C1CCCNC1. The average molecular weight is 239 g/mol. The number of hydrogen-bond acceptors (Lipinski definition) is 2. The first-order valence-electron chi connectivity index (χ1n) is 7.01. The molecule has 0 aromatic heterocycles. The fraction of sp³-hybridized carbons (Fsp3) is 0.923. The highest BCUT2D eigenvalue weighted by molar-refractivity contribution is 5.74. The van der Waals surface area contributed by atoms with Crippen molar-refractivity contribution < 1.29 is 4.79 Å². The van der Waals surface area contributed by atoms with Crippen LogP contribution in [0.3, 0.4) is 0 Å². The van der Waals surface area contributed by atoms with Crippen LogP contribution in [0.5, 0.6) is 0 Å². The van der Waals surface area contributed by atoms with Crippen molar-refractivity contribution in [2.24, 2.45) is 0 Å². The summed E-state index contributed by atoms with van der Waals surface area (Å²) >= 11 is 0. The lowest BCUT2D eigenvalue weighted by Gasteiger charge is -2.35. The fourth-order valence-electron chi connectivity index (χ4n) is 2.81. The number of hydrogen-bond donors (Lipinski definition) is 1.